The molecule has 0 bridgehead atoms. The largest absolute Gasteiger partial charge is 0.394 e. The molecule has 1 spiro atoms. The third-order valence-corrected chi connectivity index (χ3v) is 19.5. The fourth-order valence-corrected chi connectivity index (χ4v) is 15.4. The Balaban J connectivity index is 0.891. The van der Waals surface area contributed by atoms with Gasteiger partial charge >= 0.3 is 0 Å². The highest BCUT2D eigenvalue weighted by atomic mass is 16.7. The maximum absolute atomic E-state index is 12.1. The summed E-state index contributed by atoms with van der Waals surface area (Å²) in [5, 5.41) is 85.7. The lowest BCUT2D eigenvalue weighted by molar-refractivity contribution is -0.339. The summed E-state index contributed by atoms with van der Waals surface area (Å²) in [6.45, 7) is 15.0. The lowest BCUT2D eigenvalue weighted by atomic mass is 9.40. The monoisotopic (exact) mass is 913 g/mol. The van der Waals surface area contributed by atoms with Crippen LogP contribution in [0.25, 0.3) is 0 Å². The Hall–Kier alpha value is -0.640. The molecule has 0 unspecified atom stereocenters. The summed E-state index contributed by atoms with van der Waals surface area (Å²) in [6, 6.07) is 0. The summed E-state index contributed by atoms with van der Waals surface area (Å²) < 4.78 is 50.9. The average Bonchev–Trinajstić information content (AvgIpc) is 3.71. The van der Waals surface area contributed by atoms with Gasteiger partial charge in [0.1, 0.15) is 73.2 Å². The molecule has 8 N–H and O–H groups in total. The second-order valence-electron chi connectivity index (χ2n) is 22.9. The number of aliphatic hydroxyl groups excluding tert-OH is 8. The van der Waals surface area contributed by atoms with Crippen molar-refractivity contribution in [2.24, 2.45) is 51.8 Å². The van der Waals surface area contributed by atoms with Crippen molar-refractivity contribution in [1.29, 1.82) is 0 Å². The predicted molar refractivity (Wildman–Crippen MR) is 227 cm³/mol. The summed E-state index contributed by atoms with van der Waals surface area (Å²) in [5.74, 6) is 2.87. The molecule has 16 nitrogen and oxygen atoms in total. The molecule has 5 aliphatic heterocycles. The maximum atomic E-state index is 12.1. The van der Waals surface area contributed by atoms with Crippen molar-refractivity contribution < 1.29 is 78.7 Å². The predicted octanol–water partition coefficient (Wildman–Crippen LogP) is 1.80. The average molecular weight is 913 g/mol. The first-order valence-corrected chi connectivity index (χ1v) is 24.8. The Morgan fingerprint density at radius 1 is 0.625 bits per heavy atom. The van der Waals surface area contributed by atoms with Crippen LogP contribution in [0.15, 0.2) is 0 Å². The van der Waals surface area contributed by atoms with E-state index in [-0.39, 0.29) is 41.7 Å². The molecule has 368 valence electrons. The zero-order valence-electron chi connectivity index (χ0n) is 39.0. The molecule has 5 heterocycles. The van der Waals surface area contributed by atoms with Gasteiger partial charge in [0.25, 0.3) is 0 Å². The van der Waals surface area contributed by atoms with Crippen LogP contribution in [0.4, 0.5) is 0 Å². The lowest BCUT2D eigenvalue weighted by Gasteiger charge is -2.65. The number of hydrogen-bond acceptors (Lipinski definition) is 16. The topological polar surface area (TPSA) is 236 Å². The first-order valence-electron chi connectivity index (χ1n) is 24.8. The summed E-state index contributed by atoms with van der Waals surface area (Å²) >= 11 is 0. The fraction of sp³-hybridized carbons (Fsp3) is 1.00. The van der Waals surface area contributed by atoms with Gasteiger partial charge in [0, 0.05) is 12.3 Å². The first kappa shape index (κ1) is 48.4. The van der Waals surface area contributed by atoms with E-state index in [2.05, 4.69) is 34.6 Å². The zero-order chi connectivity index (χ0) is 45.8. The molecular weight excluding hydrogens is 833 g/mol. The molecule has 4 aliphatic carbocycles. The summed E-state index contributed by atoms with van der Waals surface area (Å²) in [6.07, 6.45) is -7.99. The van der Waals surface area contributed by atoms with E-state index >= 15 is 0 Å². The second-order valence-corrected chi connectivity index (χ2v) is 22.9. The van der Waals surface area contributed by atoms with Crippen molar-refractivity contribution in [1.82, 2.24) is 0 Å². The molecule has 0 amide bonds. The highest BCUT2D eigenvalue weighted by molar-refractivity contribution is 5.17. The van der Waals surface area contributed by atoms with Gasteiger partial charge in [-0.3, -0.25) is 0 Å². The maximum Gasteiger partial charge on any atom is 0.187 e. The molecule has 9 rings (SSSR count). The van der Waals surface area contributed by atoms with Gasteiger partial charge in [-0.25, -0.2) is 0 Å². The number of ether oxygens (including phenoxy) is 8. The molecule has 4 saturated carbocycles. The van der Waals surface area contributed by atoms with Crippen LogP contribution >= 0.6 is 0 Å². The highest BCUT2D eigenvalue weighted by Crippen LogP contribution is 2.73. The van der Waals surface area contributed by atoms with Gasteiger partial charge in [-0.2, -0.15) is 0 Å². The van der Waals surface area contributed by atoms with Gasteiger partial charge in [0.2, 0.25) is 0 Å². The Kier molecular flexibility index (Phi) is 13.6. The van der Waals surface area contributed by atoms with Gasteiger partial charge in [0.05, 0.1) is 50.8 Å². The fourth-order valence-electron chi connectivity index (χ4n) is 15.4. The molecule has 27 atom stereocenters. The molecule has 5 saturated heterocycles. The van der Waals surface area contributed by atoms with Crippen molar-refractivity contribution in [3.05, 3.63) is 0 Å². The van der Waals surface area contributed by atoms with Crippen LogP contribution in [0.2, 0.25) is 0 Å². The zero-order valence-corrected chi connectivity index (χ0v) is 39.0. The first-order chi connectivity index (χ1) is 30.3. The van der Waals surface area contributed by atoms with Crippen molar-refractivity contribution >= 4 is 0 Å². The van der Waals surface area contributed by atoms with Gasteiger partial charge in [-0.1, -0.05) is 34.6 Å². The van der Waals surface area contributed by atoms with Crippen LogP contribution in [-0.2, 0) is 37.9 Å². The summed E-state index contributed by atoms with van der Waals surface area (Å²) in [7, 11) is 0. The van der Waals surface area contributed by atoms with Crippen LogP contribution in [0.5, 0.6) is 0 Å². The quantitative estimate of drug-likeness (QED) is 0.154. The number of aliphatic hydroxyl groups is 8. The van der Waals surface area contributed by atoms with Crippen LogP contribution in [0, 0.1) is 51.8 Å². The van der Waals surface area contributed by atoms with Crippen molar-refractivity contribution in [2.45, 2.75) is 222 Å². The normalized spacial score (nSPS) is 58.6. The smallest absolute Gasteiger partial charge is 0.187 e. The van der Waals surface area contributed by atoms with E-state index in [4.69, 9.17) is 37.9 Å². The molecule has 64 heavy (non-hydrogen) atoms. The molecule has 0 aromatic rings. The molecule has 9 aliphatic rings. The summed E-state index contributed by atoms with van der Waals surface area (Å²) in [5.41, 5.74) is 0.281. The van der Waals surface area contributed by atoms with E-state index in [1.165, 1.54) is 12.8 Å². The van der Waals surface area contributed by atoms with Crippen molar-refractivity contribution in [2.75, 3.05) is 26.4 Å². The van der Waals surface area contributed by atoms with Gasteiger partial charge in [-0.15, -0.1) is 0 Å². The molecule has 0 aromatic carbocycles. The Morgan fingerprint density at radius 3 is 1.88 bits per heavy atom. The van der Waals surface area contributed by atoms with Gasteiger partial charge in [-0.05, 0) is 117 Å². The van der Waals surface area contributed by atoms with E-state index in [1.807, 2.05) is 0 Å². The van der Waals surface area contributed by atoms with E-state index in [0.29, 0.717) is 35.5 Å². The number of fused-ring (bicyclic) bond motifs is 7. The molecule has 0 aromatic heterocycles. The molecule has 16 heteroatoms. The third-order valence-electron chi connectivity index (χ3n) is 19.5. The van der Waals surface area contributed by atoms with Crippen molar-refractivity contribution in [3.8, 4) is 0 Å². The van der Waals surface area contributed by atoms with Crippen LogP contribution in [0.3, 0.4) is 0 Å². The molecule has 0 radical (unpaired) electrons. The number of hydrogen-bond donors (Lipinski definition) is 8. The van der Waals surface area contributed by atoms with Gasteiger partial charge < -0.3 is 78.7 Å². The molecule has 9 fully saturated rings. The van der Waals surface area contributed by atoms with Crippen LogP contribution in [0.1, 0.15) is 113 Å². The van der Waals surface area contributed by atoms with E-state index < -0.39 is 104 Å². The standard InChI is InChI=1S/C48H80O16/c1-22-8-15-48(59-19-22)23(2)34-30(64-48)16-29-27-10-12-45(5)17-26(9-14-47(45,7)28(27)11-13-46(29,34)6)62-44-43(58-21-33-38(53)40(55)36(51)25(4)61-33)41(56)42(31(18-49)63-44)57-20-32-37(52)39(54)35(50)24(3)60-32/h22-44,49-56H,8-21H2,1-7H3/t22-,23+,24+,25+,26+,27+,28+,29+,30+,31+,32+,33+,34+,35-,36-,37+,38+,39-,40-,41-,42+,43+,44+,45-,46+,47-,48-/m1/s1. The Bertz CT molecular complexity index is 1620. The van der Waals surface area contributed by atoms with E-state index in [0.717, 1.165) is 58.0 Å². The van der Waals surface area contributed by atoms with Crippen LogP contribution < -0.4 is 0 Å². The second kappa shape index (κ2) is 18.0. The van der Waals surface area contributed by atoms with Crippen LogP contribution in [-0.4, -0.2) is 177 Å². The minimum atomic E-state index is -1.48. The van der Waals surface area contributed by atoms with Crippen molar-refractivity contribution in [3.63, 3.8) is 0 Å². The Labute approximate surface area is 378 Å². The van der Waals surface area contributed by atoms with Gasteiger partial charge in [0.15, 0.2) is 12.1 Å². The van der Waals surface area contributed by atoms with E-state index in [9.17, 15) is 40.9 Å². The van der Waals surface area contributed by atoms with E-state index in [1.54, 1.807) is 13.8 Å². The summed E-state index contributed by atoms with van der Waals surface area (Å²) in [4.78, 5) is 0. The number of rotatable bonds is 9. The Morgan fingerprint density at radius 2 is 1.27 bits per heavy atom. The molecular formula is C48H80O16. The lowest BCUT2D eigenvalue weighted by Crippen LogP contribution is -2.64. The minimum absolute atomic E-state index is 0.0330. The SMILES string of the molecule is C[C@@H]1CC[C@@]2(OC1)O[C@H]1C[C@H]3[C@H]4CC[C@]5(C)C[C@@H](O[C@H]6O[C@@H](CO)[C@H](OC[C@@H]7O[C@@H](C)[C@@H](O)[C@@H](O)[C@H]7O)[C@@H](O)[C@@H]6OC[C@@H]6O[C@@H](C)[C@@H](O)[C@@H](O)[C@H]6O)CC[C@]5(C)[C@H]4CC[C@]3(C)[C@H]1[C@@H]2C. The minimum Gasteiger partial charge on any atom is -0.394 e. The highest BCUT2D eigenvalue weighted by Gasteiger charge is 2.70. The third kappa shape index (κ3) is 7.89.